The lowest BCUT2D eigenvalue weighted by Gasteiger charge is -2.06. The van der Waals surface area contributed by atoms with Crippen molar-refractivity contribution in [3.63, 3.8) is 0 Å². The van der Waals surface area contributed by atoms with Crippen LogP contribution in [0.2, 0.25) is 0 Å². The van der Waals surface area contributed by atoms with Gasteiger partial charge in [-0.05, 0) is 6.42 Å². The Labute approximate surface area is 91.8 Å². The van der Waals surface area contributed by atoms with Crippen LogP contribution in [-0.4, -0.2) is 28.1 Å². The van der Waals surface area contributed by atoms with Gasteiger partial charge in [0.25, 0.3) is 0 Å². The van der Waals surface area contributed by atoms with E-state index < -0.39 is 29.2 Å². The third-order valence-electron chi connectivity index (χ3n) is 1.60. The average Bonchev–Trinajstić information content (AvgIpc) is 2.22. The molecule has 0 aromatic rings. The minimum absolute atomic E-state index is 0.00138. The molecule has 0 saturated carbocycles. The van der Waals surface area contributed by atoms with Crippen LogP contribution < -0.4 is 0 Å². The lowest BCUT2D eigenvalue weighted by molar-refractivity contribution is -0.146. The summed E-state index contributed by atoms with van der Waals surface area (Å²) < 4.78 is 4.38. The second kappa shape index (κ2) is 6.39. The van der Waals surface area contributed by atoms with Crippen LogP contribution in [0.3, 0.4) is 0 Å². The molecule has 0 rings (SSSR count). The van der Waals surface area contributed by atoms with Crippen LogP contribution >= 0.6 is 0 Å². The number of hydrogen-bond donors (Lipinski definition) is 2. The van der Waals surface area contributed by atoms with E-state index in [1.54, 1.807) is 6.92 Å². The molecule has 0 aliphatic rings. The van der Waals surface area contributed by atoms with Crippen molar-refractivity contribution in [2.75, 3.05) is 0 Å². The lowest BCUT2D eigenvalue weighted by Crippen LogP contribution is -2.16. The third kappa shape index (κ3) is 3.95. The Hall–Kier alpha value is -2.11. The number of carbonyl (C=O) groups is 3. The maximum absolute atomic E-state index is 10.8. The van der Waals surface area contributed by atoms with Gasteiger partial charge in [0.15, 0.2) is 0 Å². The first kappa shape index (κ1) is 13.9. The van der Waals surface area contributed by atoms with Crippen molar-refractivity contribution < 1.29 is 29.3 Å². The summed E-state index contributed by atoms with van der Waals surface area (Å²) >= 11 is 0. The Morgan fingerprint density at radius 1 is 1.25 bits per heavy atom. The quantitative estimate of drug-likeness (QED) is 0.398. The van der Waals surface area contributed by atoms with Gasteiger partial charge in [0.05, 0.1) is 5.57 Å². The number of rotatable bonds is 6. The van der Waals surface area contributed by atoms with E-state index in [1.807, 2.05) is 0 Å². The Balaban J connectivity index is 5.30. The number of aliphatic carboxylic acids is 2. The van der Waals surface area contributed by atoms with Crippen LogP contribution in [0.4, 0.5) is 0 Å². The molecule has 0 saturated heterocycles. The molecule has 6 nitrogen and oxygen atoms in total. The minimum atomic E-state index is -1.60. The fourth-order valence-electron chi connectivity index (χ4n) is 0.944. The van der Waals surface area contributed by atoms with Crippen molar-refractivity contribution in [1.82, 2.24) is 0 Å². The molecule has 0 aliphatic carbocycles. The van der Waals surface area contributed by atoms with Gasteiger partial charge < -0.3 is 14.9 Å². The van der Waals surface area contributed by atoms with E-state index in [4.69, 9.17) is 10.2 Å². The van der Waals surface area contributed by atoms with Gasteiger partial charge in [-0.3, -0.25) is 0 Å². The predicted molar refractivity (Wildman–Crippen MR) is 53.5 cm³/mol. The van der Waals surface area contributed by atoms with E-state index in [0.29, 0.717) is 6.42 Å². The maximum atomic E-state index is 10.8. The van der Waals surface area contributed by atoms with E-state index in [1.165, 1.54) is 0 Å². The molecule has 0 heterocycles. The smallest absolute Gasteiger partial charge is 0.372 e. The standard InChI is InChI=1S/C10H12O6/c1-3-5-6(9(12)13)8(10(14)15)16-7(11)4-2/h4H,2-3,5H2,1H3,(H,12,13)(H,14,15). The van der Waals surface area contributed by atoms with Crippen LogP contribution in [0, 0.1) is 0 Å². The molecule has 0 fully saturated rings. The first-order chi connectivity index (χ1) is 7.43. The molecule has 0 aliphatic heterocycles. The number of carbonyl (C=O) groups excluding carboxylic acids is 1. The normalized spacial score (nSPS) is 11.3. The molecule has 16 heavy (non-hydrogen) atoms. The summed E-state index contributed by atoms with van der Waals surface area (Å²) in [6.45, 7) is 4.76. The van der Waals surface area contributed by atoms with Gasteiger partial charge in [-0.25, -0.2) is 14.4 Å². The lowest BCUT2D eigenvalue weighted by atomic mass is 10.1. The molecule has 0 unspecified atom stereocenters. The van der Waals surface area contributed by atoms with Crippen LogP contribution in [0.5, 0.6) is 0 Å². The van der Waals surface area contributed by atoms with E-state index >= 15 is 0 Å². The van der Waals surface area contributed by atoms with Crippen LogP contribution in [0.25, 0.3) is 0 Å². The Morgan fingerprint density at radius 2 is 1.81 bits per heavy atom. The molecule has 6 heteroatoms. The Kier molecular flexibility index (Phi) is 5.55. The van der Waals surface area contributed by atoms with Gasteiger partial charge >= 0.3 is 17.9 Å². The summed E-state index contributed by atoms with van der Waals surface area (Å²) in [6, 6.07) is 0. The summed E-state index contributed by atoms with van der Waals surface area (Å²) in [7, 11) is 0. The fraction of sp³-hybridized carbons (Fsp3) is 0.300. The summed E-state index contributed by atoms with van der Waals surface area (Å²) in [6.07, 6.45) is 1.18. The van der Waals surface area contributed by atoms with Crippen LogP contribution in [-0.2, 0) is 19.1 Å². The topological polar surface area (TPSA) is 101 Å². The molecule has 2 N–H and O–H groups in total. The first-order valence-electron chi connectivity index (χ1n) is 4.48. The van der Waals surface area contributed by atoms with Crippen molar-refractivity contribution in [3.8, 4) is 0 Å². The van der Waals surface area contributed by atoms with Crippen molar-refractivity contribution in [3.05, 3.63) is 24.0 Å². The SMILES string of the molecule is C=CC(=O)OC(C(=O)O)=C(CCC)C(=O)O. The summed E-state index contributed by atoms with van der Waals surface area (Å²) in [5, 5.41) is 17.5. The maximum Gasteiger partial charge on any atom is 0.372 e. The van der Waals surface area contributed by atoms with Crippen molar-refractivity contribution >= 4 is 17.9 Å². The highest BCUT2D eigenvalue weighted by Gasteiger charge is 2.23. The zero-order valence-corrected chi connectivity index (χ0v) is 8.73. The van der Waals surface area contributed by atoms with E-state index in [-0.39, 0.29) is 6.42 Å². The molecule has 0 radical (unpaired) electrons. The van der Waals surface area contributed by atoms with Gasteiger partial charge in [0.1, 0.15) is 0 Å². The van der Waals surface area contributed by atoms with Crippen molar-refractivity contribution in [2.45, 2.75) is 19.8 Å². The molecule has 88 valence electrons. The number of esters is 1. The zero-order chi connectivity index (χ0) is 12.7. The van der Waals surface area contributed by atoms with Gasteiger partial charge in [0.2, 0.25) is 5.76 Å². The third-order valence-corrected chi connectivity index (χ3v) is 1.60. The summed E-state index contributed by atoms with van der Waals surface area (Å²) in [5.41, 5.74) is -0.440. The highest BCUT2D eigenvalue weighted by molar-refractivity contribution is 5.99. The van der Waals surface area contributed by atoms with Crippen molar-refractivity contribution in [1.29, 1.82) is 0 Å². The van der Waals surface area contributed by atoms with Crippen LogP contribution in [0.15, 0.2) is 24.0 Å². The number of ether oxygens (including phenoxy) is 1. The van der Waals surface area contributed by atoms with Crippen molar-refractivity contribution in [2.24, 2.45) is 0 Å². The van der Waals surface area contributed by atoms with Gasteiger partial charge in [-0.2, -0.15) is 0 Å². The zero-order valence-electron chi connectivity index (χ0n) is 8.73. The Bertz CT molecular complexity index is 352. The van der Waals surface area contributed by atoms with Gasteiger partial charge in [-0.1, -0.05) is 19.9 Å². The number of hydrogen-bond acceptors (Lipinski definition) is 4. The largest absolute Gasteiger partial charge is 0.478 e. The average molecular weight is 228 g/mol. The second-order valence-electron chi connectivity index (χ2n) is 2.79. The van der Waals surface area contributed by atoms with Gasteiger partial charge in [-0.15, -0.1) is 0 Å². The van der Waals surface area contributed by atoms with Gasteiger partial charge in [0, 0.05) is 6.08 Å². The molecule has 0 atom stereocenters. The number of carboxylic acid groups (broad SMARTS) is 2. The second-order valence-corrected chi connectivity index (χ2v) is 2.79. The molecule has 0 bridgehead atoms. The van der Waals surface area contributed by atoms with E-state index in [2.05, 4.69) is 11.3 Å². The minimum Gasteiger partial charge on any atom is -0.478 e. The monoisotopic (exact) mass is 228 g/mol. The molecule has 0 aromatic heterocycles. The molecule has 0 amide bonds. The summed E-state index contributed by atoms with van der Waals surface area (Å²) in [5.74, 6) is -4.89. The molecular formula is C10H12O6. The highest BCUT2D eigenvalue weighted by Crippen LogP contribution is 2.14. The molecule has 0 aromatic carbocycles. The predicted octanol–water partition coefficient (Wildman–Crippen LogP) is 0.939. The highest BCUT2D eigenvalue weighted by atomic mass is 16.6. The van der Waals surface area contributed by atoms with E-state index in [9.17, 15) is 14.4 Å². The summed E-state index contributed by atoms with van der Waals surface area (Å²) in [4.78, 5) is 32.3. The molecular weight excluding hydrogens is 216 g/mol. The first-order valence-corrected chi connectivity index (χ1v) is 4.48. The molecule has 0 spiro atoms. The fourth-order valence-corrected chi connectivity index (χ4v) is 0.944. The van der Waals surface area contributed by atoms with E-state index in [0.717, 1.165) is 6.08 Å². The number of carboxylic acids is 2. The van der Waals surface area contributed by atoms with Crippen LogP contribution in [0.1, 0.15) is 19.8 Å². The Morgan fingerprint density at radius 3 is 2.12 bits per heavy atom.